The Kier molecular flexibility index (Phi) is 3.44. The van der Waals surface area contributed by atoms with Gasteiger partial charge in [0.05, 0.1) is 6.54 Å². The minimum atomic E-state index is 0.668. The summed E-state index contributed by atoms with van der Waals surface area (Å²) in [6.45, 7) is 2.88. The molecule has 0 aliphatic carbocycles. The van der Waals surface area contributed by atoms with E-state index in [1.165, 1.54) is 32.1 Å². The Balaban J connectivity index is 1.55. The summed E-state index contributed by atoms with van der Waals surface area (Å²) < 4.78 is 5.62. The Hall–Kier alpha value is -0.800. The molecule has 0 saturated carbocycles. The van der Waals surface area contributed by atoms with Gasteiger partial charge in [-0.05, 0) is 51.8 Å². The van der Waals surface area contributed by atoms with Crippen LogP contribution in [-0.2, 0) is 6.54 Å². The van der Waals surface area contributed by atoms with Gasteiger partial charge in [-0.15, -0.1) is 0 Å². The summed E-state index contributed by atoms with van der Waals surface area (Å²) in [4.78, 5) is 2.61. The molecule has 2 saturated heterocycles. The molecule has 100 valence electrons. The predicted molar refractivity (Wildman–Crippen MR) is 72.5 cm³/mol. The monoisotopic (exact) mass is 248 g/mol. The summed E-state index contributed by atoms with van der Waals surface area (Å²) >= 11 is 0. The maximum Gasteiger partial charge on any atom is 0.117 e. The third-order valence-electron chi connectivity index (χ3n) is 4.70. The van der Waals surface area contributed by atoms with Crippen molar-refractivity contribution in [2.75, 3.05) is 7.05 Å². The van der Waals surface area contributed by atoms with Gasteiger partial charge in [0, 0.05) is 18.1 Å². The van der Waals surface area contributed by atoms with Crippen LogP contribution in [0.3, 0.4) is 0 Å². The van der Waals surface area contributed by atoms with Crippen LogP contribution < -0.4 is 5.32 Å². The van der Waals surface area contributed by atoms with E-state index in [9.17, 15) is 0 Å². The zero-order chi connectivity index (χ0) is 12.5. The average molecular weight is 248 g/mol. The van der Waals surface area contributed by atoms with Crippen LogP contribution in [0.2, 0.25) is 0 Å². The molecule has 18 heavy (non-hydrogen) atoms. The standard InChI is InChI=1S/C15H24N2O/c1-11-6-7-15(18-11)10-16-12-8-13-4-3-5-14(9-12)17(13)2/h6-7,12-14,16H,3-5,8-10H2,1-2H3. The first-order chi connectivity index (χ1) is 8.72. The van der Waals surface area contributed by atoms with E-state index in [1.807, 2.05) is 13.0 Å². The fraction of sp³-hybridized carbons (Fsp3) is 0.733. The summed E-state index contributed by atoms with van der Waals surface area (Å²) in [6, 6.07) is 6.39. The van der Waals surface area contributed by atoms with Crippen molar-refractivity contribution in [3.63, 3.8) is 0 Å². The van der Waals surface area contributed by atoms with Gasteiger partial charge < -0.3 is 14.6 Å². The molecule has 0 amide bonds. The van der Waals surface area contributed by atoms with Gasteiger partial charge in [-0.2, -0.15) is 0 Å². The van der Waals surface area contributed by atoms with Crippen molar-refractivity contribution < 1.29 is 4.42 Å². The first-order valence-corrected chi connectivity index (χ1v) is 7.23. The number of hydrogen-bond acceptors (Lipinski definition) is 3. The van der Waals surface area contributed by atoms with Crippen LogP contribution in [0.25, 0.3) is 0 Å². The molecule has 2 atom stereocenters. The smallest absolute Gasteiger partial charge is 0.117 e. The molecule has 1 aromatic rings. The van der Waals surface area contributed by atoms with E-state index in [0.29, 0.717) is 6.04 Å². The molecule has 0 spiro atoms. The minimum Gasteiger partial charge on any atom is -0.465 e. The molecule has 3 heterocycles. The van der Waals surface area contributed by atoms with Crippen LogP contribution in [0, 0.1) is 6.92 Å². The zero-order valence-electron chi connectivity index (χ0n) is 11.5. The molecule has 2 aliphatic heterocycles. The number of hydrogen-bond donors (Lipinski definition) is 1. The maximum absolute atomic E-state index is 5.62. The fourth-order valence-corrected chi connectivity index (χ4v) is 3.61. The molecular formula is C15H24N2O. The van der Waals surface area contributed by atoms with Crippen molar-refractivity contribution in [1.82, 2.24) is 10.2 Å². The van der Waals surface area contributed by atoms with Crippen molar-refractivity contribution in [3.8, 4) is 0 Å². The molecule has 3 nitrogen and oxygen atoms in total. The Morgan fingerprint density at radius 2 is 2.00 bits per heavy atom. The molecule has 2 aliphatic rings. The second-order valence-corrected chi connectivity index (χ2v) is 5.97. The quantitative estimate of drug-likeness (QED) is 0.891. The van der Waals surface area contributed by atoms with Gasteiger partial charge in [0.2, 0.25) is 0 Å². The highest BCUT2D eigenvalue weighted by atomic mass is 16.3. The molecule has 2 unspecified atom stereocenters. The molecule has 0 radical (unpaired) electrons. The van der Waals surface area contributed by atoms with Crippen LogP contribution >= 0.6 is 0 Å². The predicted octanol–water partition coefficient (Wildman–Crippen LogP) is 2.69. The van der Waals surface area contributed by atoms with E-state index in [1.54, 1.807) is 0 Å². The van der Waals surface area contributed by atoms with Crippen LogP contribution in [0.5, 0.6) is 0 Å². The molecule has 1 N–H and O–H groups in total. The van der Waals surface area contributed by atoms with Gasteiger partial charge in [-0.1, -0.05) is 6.42 Å². The Labute approximate surface area is 110 Å². The first kappa shape index (κ1) is 12.2. The Morgan fingerprint density at radius 1 is 1.28 bits per heavy atom. The zero-order valence-corrected chi connectivity index (χ0v) is 11.5. The van der Waals surface area contributed by atoms with Crippen molar-refractivity contribution in [2.24, 2.45) is 0 Å². The topological polar surface area (TPSA) is 28.4 Å². The molecule has 3 heteroatoms. The van der Waals surface area contributed by atoms with Gasteiger partial charge >= 0.3 is 0 Å². The second-order valence-electron chi connectivity index (χ2n) is 5.97. The maximum atomic E-state index is 5.62. The third kappa shape index (κ3) is 2.47. The van der Waals surface area contributed by atoms with E-state index in [0.717, 1.165) is 30.1 Å². The van der Waals surface area contributed by atoms with Gasteiger partial charge in [0.25, 0.3) is 0 Å². The van der Waals surface area contributed by atoms with Gasteiger partial charge in [0.1, 0.15) is 11.5 Å². The average Bonchev–Trinajstić information content (AvgIpc) is 2.73. The van der Waals surface area contributed by atoms with Gasteiger partial charge in [-0.3, -0.25) is 0 Å². The summed E-state index contributed by atoms with van der Waals surface area (Å²) in [5, 5.41) is 3.68. The molecule has 1 aromatic heterocycles. The first-order valence-electron chi connectivity index (χ1n) is 7.23. The summed E-state index contributed by atoms with van der Waals surface area (Å²) in [5.74, 6) is 2.07. The highest BCUT2D eigenvalue weighted by Gasteiger charge is 2.35. The minimum absolute atomic E-state index is 0.668. The molecule has 0 aromatic carbocycles. The van der Waals surface area contributed by atoms with E-state index >= 15 is 0 Å². The Bertz CT molecular complexity index is 387. The van der Waals surface area contributed by atoms with Crippen LogP contribution in [-0.4, -0.2) is 30.1 Å². The number of piperidine rings is 2. The largest absolute Gasteiger partial charge is 0.465 e. The molecular weight excluding hydrogens is 224 g/mol. The number of rotatable bonds is 3. The van der Waals surface area contributed by atoms with Gasteiger partial charge in [-0.25, -0.2) is 0 Å². The van der Waals surface area contributed by atoms with Gasteiger partial charge in [0.15, 0.2) is 0 Å². The van der Waals surface area contributed by atoms with Crippen molar-refractivity contribution in [3.05, 3.63) is 23.7 Å². The number of nitrogens with one attached hydrogen (secondary N) is 1. The number of fused-ring (bicyclic) bond motifs is 2. The lowest BCUT2D eigenvalue weighted by Gasteiger charge is -2.47. The van der Waals surface area contributed by atoms with E-state index < -0.39 is 0 Å². The SMILES string of the molecule is Cc1ccc(CNC2CC3CCCC(C2)N3C)o1. The lowest BCUT2D eigenvalue weighted by atomic mass is 9.82. The highest BCUT2D eigenvalue weighted by molar-refractivity contribution is 5.05. The molecule has 2 bridgehead atoms. The van der Waals surface area contributed by atoms with E-state index in [4.69, 9.17) is 4.42 Å². The Morgan fingerprint density at radius 3 is 2.61 bits per heavy atom. The third-order valence-corrected chi connectivity index (χ3v) is 4.70. The highest BCUT2D eigenvalue weighted by Crippen LogP contribution is 2.32. The van der Waals surface area contributed by atoms with Crippen molar-refractivity contribution in [1.29, 1.82) is 0 Å². The second kappa shape index (κ2) is 5.06. The van der Waals surface area contributed by atoms with E-state index in [2.05, 4.69) is 23.3 Å². The van der Waals surface area contributed by atoms with Crippen LogP contribution in [0.4, 0.5) is 0 Å². The van der Waals surface area contributed by atoms with Crippen molar-refractivity contribution >= 4 is 0 Å². The lowest BCUT2D eigenvalue weighted by molar-refractivity contribution is 0.0478. The molecule has 2 fully saturated rings. The number of aryl methyl sites for hydroxylation is 1. The molecule has 3 rings (SSSR count). The normalized spacial score (nSPS) is 32.7. The number of nitrogens with zero attached hydrogens (tertiary/aromatic N) is 1. The lowest BCUT2D eigenvalue weighted by Crippen LogP contribution is -2.54. The van der Waals surface area contributed by atoms with Crippen LogP contribution in [0.1, 0.15) is 43.6 Å². The van der Waals surface area contributed by atoms with Crippen LogP contribution in [0.15, 0.2) is 16.5 Å². The summed E-state index contributed by atoms with van der Waals surface area (Å²) in [5.41, 5.74) is 0. The van der Waals surface area contributed by atoms with Crippen molar-refractivity contribution in [2.45, 2.75) is 63.7 Å². The fourth-order valence-electron chi connectivity index (χ4n) is 3.61. The summed E-state index contributed by atoms with van der Waals surface area (Å²) in [6.07, 6.45) is 6.78. The number of furan rings is 1. The van der Waals surface area contributed by atoms with E-state index in [-0.39, 0.29) is 0 Å². The summed E-state index contributed by atoms with van der Waals surface area (Å²) in [7, 11) is 2.31.